The monoisotopic (exact) mass is 324 g/mol. The number of ether oxygens (including phenoxy) is 1. The van der Waals surface area contributed by atoms with Gasteiger partial charge in [-0.1, -0.05) is 30.3 Å². The number of nitrogens with zero attached hydrogens (tertiary/aromatic N) is 4. The predicted molar refractivity (Wildman–Crippen MR) is 86.7 cm³/mol. The van der Waals surface area contributed by atoms with Crippen LogP contribution in [0.5, 0.6) is 0 Å². The normalized spacial score (nSPS) is 16.3. The second-order valence-corrected chi connectivity index (χ2v) is 5.66. The Hall–Kier alpha value is -2.96. The highest BCUT2D eigenvalue weighted by Gasteiger charge is 2.32. The molecule has 0 saturated heterocycles. The van der Waals surface area contributed by atoms with E-state index in [1.54, 1.807) is 11.5 Å². The Balaban J connectivity index is 1.91. The Kier molecular flexibility index (Phi) is 3.41. The molecule has 1 atom stereocenters. The number of aromatic nitrogens is 4. The summed E-state index contributed by atoms with van der Waals surface area (Å²) in [5.74, 6) is 0.543. The summed E-state index contributed by atoms with van der Waals surface area (Å²) in [5, 5.41) is 4.32. The van der Waals surface area contributed by atoms with Crippen molar-refractivity contribution in [2.75, 3.05) is 6.61 Å². The van der Waals surface area contributed by atoms with Gasteiger partial charge in [-0.25, -0.2) is 4.79 Å². The van der Waals surface area contributed by atoms with Crippen LogP contribution in [0.15, 0.2) is 41.2 Å². The smallest absolute Gasteiger partial charge is 0.329 e. The third-order valence-electron chi connectivity index (χ3n) is 4.19. The molecular formula is C17H16N4O3. The molecule has 3 heterocycles. The van der Waals surface area contributed by atoms with Crippen molar-refractivity contribution in [1.29, 1.82) is 0 Å². The minimum absolute atomic E-state index is 0.240. The molecule has 24 heavy (non-hydrogen) atoms. The van der Waals surface area contributed by atoms with Crippen LogP contribution in [-0.2, 0) is 16.0 Å². The van der Waals surface area contributed by atoms with Crippen molar-refractivity contribution in [3.63, 3.8) is 0 Å². The standard InChI is InChI=1S/C17H16N4O3/c1-2-24-16(23)13-9-8-12-10-14(22)21-17(20(12)13)18-15(19-21)11-6-4-3-5-7-11/h3-7,10,13H,2,8-9H2,1H3. The topological polar surface area (TPSA) is 78.5 Å². The van der Waals surface area contributed by atoms with Gasteiger partial charge < -0.3 is 4.74 Å². The van der Waals surface area contributed by atoms with E-state index in [1.165, 1.54) is 10.6 Å². The van der Waals surface area contributed by atoms with E-state index in [9.17, 15) is 9.59 Å². The Labute approximate surface area is 137 Å². The van der Waals surface area contributed by atoms with Gasteiger partial charge in [-0.15, -0.1) is 5.10 Å². The molecule has 0 bridgehead atoms. The van der Waals surface area contributed by atoms with Gasteiger partial charge in [0.2, 0.25) is 5.78 Å². The first-order valence-electron chi connectivity index (χ1n) is 7.92. The van der Waals surface area contributed by atoms with E-state index < -0.39 is 6.04 Å². The highest BCUT2D eigenvalue weighted by Crippen LogP contribution is 2.28. The fraction of sp³-hybridized carbons (Fsp3) is 0.294. The third kappa shape index (κ3) is 2.20. The molecule has 0 N–H and O–H groups in total. The second kappa shape index (κ2) is 5.59. The molecule has 0 radical (unpaired) electrons. The first-order valence-corrected chi connectivity index (χ1v) is 7.92. The number of carbonyl (C=O) groups excluding carboxylic acids is 1. The summed E-state index contributed by atoms with van der Waals surface area (Å²) >= 11 is 0. The molecular weight excluding hydrogens is 308 g/mol. The van der Waals surface area contributed by atoms with Gasteiger partial charge in [-0.3, -0.25) is 9.36 Å². The SMILES string of the molecule is CCOC(=O)C1CCc2cc(=O)n3nc(-c4ccccc4)nc3n21. The Morgan fingerprint density at radius 2 is 2.12 bits per heavy atom. The number of hydrogen-bond donors (Lipinski definition) is 0. The summed E-state index contributed by atoms with van der Waals surface area (Å²) in [5.41, 5.74) is 1.37. The molecule has 3 aromatic rings. The number of benzene rings is 1. The van der Waals surface area contributed by atoms with E-state index in [0.717, 1.165) is 11.3 Å². The zero-order valence-electron chi connectivity index (χ0n) is 13.2. The third-order valence-corrected chi connectivity index (χ3v) is 4.19. The van der Waals surface area contributed by atoms with Crippen molar-refractivity contribution in [3.05, 3.63) is 52.4 Å². The zero-order valence-corrected chi connectivity index (χ0v) is 13.2. The van der Waals surface area contributed by atoms with Crippen LogP contribution in [0, 0.1) is 0 Å². The summed E-state index contributed by atoms with van der Waals surface area (Å²) in [6.45, 7) is 2.10. The van der Waals surface area contributed by atoms with Crippen molar-refractivity contribution in [1.82, 2.24) is 19.2 Å². The number of hydrogen-bond acceptors (Lipinski definition) is 5. The Bertz CT molecular complexity index is 975. The van der Waals surface area contributed by atoms with Crippen LogP contribution in [0.4, 0.5) is 0 Å². The number of aryl methyl sites for hydroxylation is 1. The van der Waals surface area contributed by atoms with E-state index in [1.807, 2.05) is 30.3 Å². The van der Waals surface area contributed by atoms with Crippen LogP contribution >= 0.6 is 0 Å². The van der Waals surface area contributed by atoms with Crippen LogP contribution in [0.3, 0.4) is 0 Å². The molecule has 7 nitrogen and oxygen atoms in total. The van der Waals surface area contributed by atoms with Gasteiger partial charge in [0, 0.05) is 17.3 Å². The van der Waals surface area contributed by atoms with E-state index in [4.69, 9.17) is 4.74 Å². The lowest BCUT2D eigenvalue weighted by molar-refractivity contribution is -0.146. The minimum atomic E-state index is -0.462. The van der Waals surface area contributed by atoms with Crippen molar-refractivity contribution in [2.45, 2.75) is 25.8 Å². The summed E-state index contributed by atoms with van der Waals surface area (Å²) in [6, 6.07) is 10.5. The number of fused-ring (bicyclic) bond motifs is 3. The Morgan fingerprint density at radius 3 is 2.88 bits per heavy atom. The molecule has 0 amide bonds. The molecule has 122 valence electrons. The summed E-state index contributed by atoms with van der Waals surface area (Å²) in [4.78, 5) is 29.1. The largest absolute Gasteiger partial charge is 0.464 e. The number of esters is 1. The molecule has 2 aromatic heterocycles. The zero-order chi connectivity index (χ0) is 16.7. The summed E-state index contributed by atoms with van der Waals surface area (Å²) in [7, 11) is 0. The molecule has 1 unspecified atom stereocenters. The van der Waals surface area contributed by atoms with E-state index in [0.29, 0.717) is 31.1 Å². The number of carbonyl (C=O) groups is 1. The van der Waals surface area contributed by atoms with Gasteiger partial charge in [0.25, 0.3) is 5.56 Å². The summed E-state index contributed by atoms with van der Waals surface area (Å²) < 4.78 is 8.19. The first-order chi connectivity index (χ1) is 11.7. The average molecular weight is 324 g/mol. The fourth-order valence-electron chi connectivity index (χ4n) is 3.13. The van der Waals surface area contributed by atoms with Gasteiger partial charge in [0.15, 0.2) is 5.82 Å². The van der Waals surface area contributed by atoms with Crippen molar-refractivity contribution in [2.24, 2.45) is 0 Å². The molecule has 4 rings (SSSR count). The second-order valence-electron chi connectivity index (χ2n) is 5.66. The minimum Gasteiger partial charge on any atom is -0.464 e. The lowest BCUT2D eigenvalue weighted by Crippen LogP contribution is -2.24. The highest BCUT2D eigenvalue weighted by molar-refractivity contribution is 5.76. The first kappa shape index (κ1) is 14.6. The van der Waals surface area contributed by atoms with Crippen molar-refractivity contribution >= 4 is 11.7 Å². The molecule has 7 heteroatoms. The van der Waals surface area contributed by atoms with Crippen LogP contribution in [-0.4, -0.2) is 31.7 Å². The van der Waals surface area contributed by atoms with E-state index in [2.05, 4.69) is 10.1 Å². The predicted octanol–water partition coefficient (Wildman–Crippen LogP) is 1.61. The molecule has 0 fully saturated rings. The maximum Gasteiger partial charge on any atom is 0.329 e. The van der Waals surface area contributed by atoms with Gasteiger partial charge in [0.1, 0.15) is 6.04 Å². The van der Waals surface area contributed by atoms with Gasteiger partial charge in [-0.2, -0.15) is 9.50 Å². The van der Waals surface area contributed by atoms with Crippen LogP contribution in [0.2, 0.25) is 0 Å². The maximum atomic E-state index is 12.3. The van der Waals surface area contributed by atoms with E-state index >= 15 is 0 Å². The molecule has 0 aliphatic carbocycles. The van der Waals surface area contributed by atoms with Crippen LogP contribution in [0.25, 0.3) is 17.2 Å². The molecule has 1 aromatic carbocycles. The van der Waals surface area contributed by atoms with Crippen LogP contribution < -0.4 is 5.56 Å². The summed E-state index contributed by atoms with van der Waals surface area (Å²) in [6.07, 6.45) is 1.24. The van der Waals surface area contributed by atoms with Crippen LogP contribution in [0.1, 0.15) is 25.1 Å². The lowest BCUT2D eigenvalue weighted by Gasteiger charge is -2.14. The van der Waals surface area contributed by atoms with Gasteiger partial charge in [0.05, 0.1) is 6.61 Å². The quantitative estimate of drug-likeness (QED) is 0.684. The lowest BCUT2D eigenvalue weighted by atomic mass is 10.2. The highest BCUT2D eigenvalue weighted by atomic mass is 16.5. The number of rotatable bonds is 3. The fourth-order valence-corrected chi connectivity index (χ4v) is 3.13. The van der Waals surface area contributed by atoms with Gasteiger partial charge >= 0.3 is 5.97 Å². The van der Waals surface area contributed by atoms with E-state index in [-0.39, 0.29) is 11.5 Å². The Morgan fingerprint density at radius 1 is 1.33 bits per heavy atom. The average Bonchev–Trinajstić information content (AvgIpc) is 3.20. The molecule has 1 aliphatic rings. The molecule has 0 saturated carbocycles. The maximum absolute atomic E-state index is 12.3. The van der Waals surface area contributed by atoms with Crippen molar-refractivity contribution in [3.8, 4) is 11.4 Å². The molecule has 1 aliphatic heterocycles. The van der Waals surface area contributed by atoms with Gasteiger partial charge in [-0.05, 0) is 19.8 Å². The van der Waals surface area contributed by atoms with Crippen molar-refractivity contribution < 1.29 is 9.53 Å². The molecule has 0 spiro atoms.